The molecule has 5 heterocycles. The van der Waals surface area contributed by atoms with Crippen molar-refractivity contribution in [3.63, 3.8) is 0 Å². The minimum Gasteiger partial charge on any atom is -0.446 e. The van der Waals surface area contributed by atoms with E-state index in [1.807, 2.05) is 0 Å². The zero-order valence-corrected chi connectivity index (χ0v) is 21.3. The van der Waals surface area contributed by atoms with Crippen LogP contribution in [0.4, 0.5) is 24.8 Å². The maximum absolute atomic E-state index is 13.7. The predicted octanol–water partition coefficient (Wildman–Crippen LogP) is 3.26. The summed E-state index contributed by atoms with van der Waals surface area (Å²) in [5.74, 6) is 0.348. The molecule has 0 radical (unpaired) electrons. The van der Waals surface area contributed by atoms with Crippen LogP contribution in [0.25, 0.3) is 11.2 Å². The SMILES string of the molecule is Cn1c(Nc2cc(C(F)(F)F)cn(C3CCOCC3)c2=O)nc2ncc(O/C(C=N)=C3\C=NC=C[NH2+]3)c(Cl)c21. The molecule has 2 aliphatic rings. The van der Waals surface area contributed by atoms with E-state index in [1.54, 1.807) is 24.8 Å². The molecule has 0 bridgehead atoms. The predicted molar refractivity (Wildman–Crippen MR) is 138 cm³/mol. The zero-order valence-electron chi connectivity index (χ0n) is 20.5. The fourth-order valence-electron chi connectivity index (χ4n) is 4.30. The number of pyridine rings is 2. The minimum absolute atomic E-state index is 0.0509. The minimum atomic E-state index is -4.67. The second kappa shape index (κ2) is 10.6. The number of rotatable bonds is 6. The maximum atomic E-state index is 13.7. The fourth-order valence-corrected chi connectivity index (χ4v) is 4.59. The Hall–Kier alpha value is -4.01. The summed E-state index contributed by atoms with van der Waals surface area (Å²) in [6.45, 7) is 0.709. The van der Waals surface area contributed by atoms with Crippen molar-refractivity contribution in [2.45, 2.75) is 25.1 Å². The van der Waals surface area contributed by atoms with Crippen LogP contribution >= 0.6 is 11.6 Å². The largest absolute Gasteiger partial charge is 0.446 e. The van der Waals surface area contributed by atoms with Gasteiger partial charge in [0.25, 0.3) is 5.56 Å². The number of aromatic nitrogens is 4. The monoisotopic (exact) mass is 563 g/mol. The van der Waals surface area contributed by atoms with Gasteiger partial charge in [-0.05, 0) is 18.9 Å². The molecule has 4 N–H and O–H groups in total. The van der Waals surface area contributed by atoms with Gasteiger partial charge in [0.1, 0.15) is 22.4 Å². The molecule has 3 aromatic heterocycles. The van der Waals surface area contributed by atoms with Crippen LogP contribution in [-0.2, 0) is 18.0 Å². The van der Waals surface area contributed by atoms with Crippen LogP contribution in [0.1, 0.15) is 24.4 Å². The second-order valence-electron chi connectivity index (χ2n) is 8.78. The zero-order chi connectivity index (χ0) is 27.7. The number of imidazole rings is 1. The molecule has 15 heteroatoms. The van der Waals surface area contributed by atoms with Crippen LogP contribution in [0.2, 0.25) is 5.02 Å². The molecule has 2 aliphatic heterocycles. The lowest BCUT2D eigenvalue weighted by atomic mass is 10.1. The highest BCUT2D eigenvalue weighted by atomic mass is 35.5. The summed E-state index contributed by atoms with van der Waals surface area (Å²) in [4.78, 5) is 25.8. The number of halogens is 4. The number of anilines is 2. The Labute approximate surface area is 224 Å². The second-order valence-corrected chi connectivity index (χ2v) is 9.15. The number of ether oxygens (including phenoxy) is 2. The van der Waals surface area contributed by atoms with Crippen LogP contribution in [0, 0.1) is 5.41 Å². The topological polar surface area (TPSA) is 136 Å². The van der Waals surface area contributed by atoms with Crippen molar-refractivity contribution >= 4 is 46.8 Å². The van der Waals surface area contributed by atoms with Crippen molar-refractivity contribution in [2.24, 2.45) is 12.0 Å². The van der Waals surface area contributed by atoms with Crippen molar-refractivity contribution in [3.8, 4) is 5.75 Å². The molecule has 204 valence electrons. The number of aryl methyl sites for hydroxylation is 1. The number of fused-ring (bicyclic) bond motifs is 1. The summed E-state index contributed by atoms with van der Waals surface area (Å²) in [6, 6.07) is 0.338. The Bertz CT molecular complexity index is 1590. The van der Waals surface area contributed by atoms with E-state index in [-0.39, 0.29) is 33.8 Å². The molecule has 39 heavy (non-hydrogen) atoms. The molecule has 0 spiro atoms. The van der Waals surface area contributed by atoms with Gasteiger partial charge in [0, 0.05) is 32.5 Å². The van der Waals surface area contributed by atoms with Crippen LogP contribution in [0.15, 0.2) is 52.1 Å². The van der Waals surface area contributed by atoms with Crippen molar-refractivity contribution < 1.29 is 28.0 Å². The van der Waals surface area contributed by atoms with Gasteiger partial charge in [-0.3, -0.25) is 15.1 Å². The van der Waals surface area contributed by atoms with Gasteiger partial charge >= 0.3 is 6.18 Å². The summed E-state index contributed by atoms with van der Waals surface area (Å²) in [6.07, 6.45) is 4.14. The molecule has 1 saturated heterocycles. The molecule has 0 amide bonds. The normalized spacial score (nSPS) is 17.5. The van der Waals surface area contributed by atoms with Gasteiger partial charge in [-0.15, -0.1) is 0 Å². The van der Waals surface area contributed by atoms with Crippen molar-refractivity contribution in [1.82, 2.24) is 19.1 Å². The first kappa shape index (κ1) is 26.6. The third-order valence-electron chi connectivity index (χ3n) is 6.30. The number of aliphatic imine (C=N–C) groups is 1. The molecular weight excluding hydrogens is 541 g/mol. The summed E-state index contributed by atoms with van der Waals surface area (Å²) >= 11 is 6.61. The number of quaternary nitrogens is 1. The Kier molecular flexibility index (Phi) is 7.25. The van der Waals surface area contributed by atoms with Crippen LogP contribution in [-0.4, -0.2) is 44.7 Å². The number of allylic oxidation sites excluding steroid dienone is 2. The van der Waals surface area contributed by atoms with E-state index < -0.39 is 23.3 Å². The van der Waals surface area contributed by atoms with Gasteiger partial charge in [-0.1, -0.05) is 11.6 Å². The summed E-state index contributed by atoms with van der Waals surface area (Å²) in [7, 11) is 1.57. The van der Waals surface area contributed by atoms with Crippen LogP contribution in [0.5, 0.6) is 5.75 Å². The summed E-state index contributed by atoms with van der Waals surface area (Å²) < 4.78 is 54.9. The third kappa shape index (κ3) is 5.30. The number of nitrogens with zero attached hydrogens (tertiary/aromatic N) is 5. The average molecular weight is 564 g/mol. The van der Waals surface area contributed by atoms with Gasteiger partial charge in [0.2, 0.25) is 11.7 Å². The Morgan fingerprint density at radius 2 is 2.13 bits per heavy atom. The van der Waals surface area contributed by atoms with Crippen molar-refractivity contribution in [1.29, 1.82) is 5.41 Å². The number of alkyl halides is 3. The maximum Gasteiger partial charge on any atom is 0.417 e. The van der Waals surface area contributed by atoms with Crippen LogP contribution < -0.4 is 20.9 Å². The Morgan fingerprint density at radius 1 is 1.36 bits per heavy atom. The molecule has 1 fully saturated rings. The van der Waals surface area contributed by atoms with E-state index in [4.69, 9.17) is 26.5 Å². The van der Waals surface area contributed by atoms with E-state index in [9.17, 15) is 18.0 Å². The molecule has 3 aromatic rings. The molecule has 5 rings (SSSR count). The number of hydrogen-bond acceptors (Lipinski definition) is 8. The molecular formula is C24H23ClF3N8O3+. The standard InChI is InChI=1S/C24H22ClF3N8O3/c1-35-20-19(25)18(39-17(9-29)16-10-30-4-5-31-16)11-32-21(20)34-23(35)33-15-8-13(24(26,27)28)12-36(22(15)37)14-2-6-38-7-3-14/h4-5,8-12,14,29,31H,2-3,6-7H2,1H3,(H,32,33,34)/p+1/b17-16+,29-9?. The first-order chi connectivity index (χ1) is 18.7. The van der Waals surface area contributed by atoms with Crippen molar-refractivity contribution in [2.75, 3.05) is 18.5 Å². The molecule has 0 aliphatic carbocycles. The highest BCUT2D eigenvalue weighted by Gasteiger charge is 2.33. The first-order valence-electron chi connectivity index (χ1n) is 11.8. The molecule has 11 nitrogen and oxygen atoms in total. The van der Waals surface area contributed by atoms with Gasteiger partial charge in [0.05, 0.1) is 30.4 Å². The summed E-state index contributed by atoms with van der Waals surface area (Å²) in [5.41, 5.74) is -0.853. The first-order valence-corrected chi connectivity index (χ1v) is 12.2. The van der Waals surface area contributed by atoms with E-state index in [2.05, 4.69) is 20.3 Å². The van der Waals surface area contributed by atoms with E-state index in [0.717, 1.165) is 23.0 Å². The van der Waals surface area contributed by atoms with E-state index in [0.29, 0.717) is 37.3 Å². The summed E-state index contributed by atoms with van der Waals surface area (Å²) in [5, 5.41) is 12.3. The smallest absolute Gasteiger partial charge is 0.417 e. The van der Waals surface area contributed by atoms with E-state index >= 15 is 0 Å². The number of nitrogens with one attached hydrogen (secondary N) is 2. The quantitative estimate of drug-likeness (QED) is 0.311. The Morgan fingerprint density at radius 3 is 2.79 bits per heavy atom. The van der Waals surface area contributed by atoms with E-state index in [1.165, 1.54) is 17.0 Å². The van der Waals surface area contributed by atoms with Gasteiger partial charge in [-0.25, -0.2) is 4.98 Å². The number of nitrogens with two attached hydrogens (primary N) is 1. The molecule has 0 aromatic carbocycles. The van der Waals surface area contributed by atoms with Gasteiger partial charge in [0.15, 0.2) is 17.1 Å². The lowest BCUT2D eigenvalue weighted by Gasteiger charge is -2.25. The number of hydrogen-bond donors (Lipinski definition) is 3. The third-order valence-corrected chi connectivity index (χ3v) is 6.67. The lowest BCUT2D eigenvalue weighted by Crippen LogP contribution is -2.77. The van der Waals surface area contributed by atoms with Crippen molar-refractivity contribution in [3.05, 3.63) is 63.3 Å². The highest BCUT2D eigenvalue weighted by Crippen LogP contribution is 2.35. The molecule has 0 atom stereocenters. The lowest BCUT2D eigenvalue weighted by molar-refractivity contribution is -0.528. The average Bonchev–Trinajstić information content (AvgIpc) is 3.25. The van der Waals surface area contributed by atoms with Crippen LogP contribution in [0.3, 0.4) is 0 Å². The van der Waals surface area contributed by atoms with Gasteiger partial charge < -0.3 is 29.3 Å². The Balaban J connectivity index is 1.53. The molecule has 0 unspecified atom stereocenters. The molecule has 0 saturated carbocycles. The highest BCUT2D eigenvalue weighted by molar-refractivity contribution is 6.36. The fraction of sp³-hybridized carbons (Fsp3) is 0.292. The van der Waals surface area contributed by atoms with Gasteiger partial charge in [-0.2, -0.15) is 18.2 Å².